The third-order valence-electron chi connectivity index (χ3n) is 2.57. The zero-order valence-corrected chi connectivity index (χ0v) is 10.4. The van der Waals surface area contributed by atoms with Gasteiger partial charge >= 0.3 is 12.0 Å². The number of H-pyrrole nitrogens is 1. The molecule has 0 saturated heterocycles. The lowest BCUT2D eigenvalue weighted by atomic mass is 10.1. The molecule has 0 saturated carbocycles. The van der Waals surface area contributed by atoms with Crippen LogP contribution in [0.4, 0.5) is 4.79 Å². The van der Waals surface area contributed by atoms with Crippen LogP contribution in [0.15, 0.2) is 12.5 Å². The van der Waals surface area contributed by atoms with Crippen LogP contribution in [0.5, 0.6) is 0 Å². The maximum absolute atomic E-state index is 11.5. The van der Waals surface area contributed by atoms with Crippen LogP contribution in [-0.4, -0.2) is 39.2 Å². The summed E-state index contributed by atoms with van der Waals surface area (Å²) in [5, 5.41) is 14.1. The van der Waals surface area contributed by atoms with E-state index in [-0.39, 0.29) is 12.5 Å². The molecular weight excluding hydrogens is 236 g/mol. The van der Waals surface area contributed by atoms with Crippen LogP contribution in [0.1, 0.15) is 26.0 Å². The van der Waals surface area contributed by atoms with E-state index in [0.29, 0.717) is 5.69 Å². The molecule has 1 aromatic rings. The Hall–Kier alpha value is -2.05. The van der Waals surface area contributed by atoms with Crippen molar-refractivity contribution in [2.45, 2.75) is 38.8 Å². The number of aliphatic carboxylic acids is 1. The van der Waals surface area contributed by atoms with Gasteiger partial charge in [-0.15, -0.1) is 0 Å². The summed E-state index contributed by atoms with van der Waals surface area (Å²) < 4.78 is 0. The highest BCUT2D eigenvalue weighted by atomic mass is 16.4. The Labute approximate surface area is 105 Å². The third kappa shape index (κ3) is 4.44. The Bertz CT molecular complexity index is 391. The SMILES string of the molecule is CCC(C)NC(=O)N[C@@H](Cc1cnc[nH]1)C(=O)O. The van der Waals surface area contributed by atoms with Crippen LogP contribution in [0.3, 0.4) is 0 Å². The second-order valence-corrected chi connectivity index (χ2v) is 4.10. The van der Waals surface area contributed by atoms with Crippen molar-refractivity contribution in [3.05, 3.63) is 18.2 Å². The first-order chi connectivity index (χ1) is 8.52. The topological polar surface area (TPSA) is 107 Å². The van der Waals surface area contributed by atoms with Crippen molar-refractivity contribution in [3.63, 3.8) is 0 Å². The molecule has 0 aromatic carbocycles. The number of carbonyl (C=O) groups excluding carboxylic acids is 1. The molecule has 2 amide bonds. The number of carboxylic acid groups (broad SMARTS) is 1. The minimum absolute atomic E-state index is 0.00611. The fourth-order valence-corrected chi connectivity index (χ4v) is 1.34. The van der Waals surface area contributed by atoms with Gasteiger partial charge in [-0.1, -0.05) is 6.92 Å². The normalized spacial score (nSPS) is 13.7. The number of amides is 2. The van der Waals surface area contributed by atoms with E-state index in [1.807, 2.05) is 13.8 Å². The Morgan fingerprint density at radius 1 is 1.50 bits per heavy atom. The standard InChI is InChI=1S/C11H18N4O3/c1-3-7(2)14-11(18)15-9(10(16)17)4-8-5-12-6-13-8/h5-7,9H,3-4H2,1-2H3,(H,12,13)(H,16,17)(H2,14,15,18)/t7?,9-/m0/s1. The Morgan fingerprint density at radius 2 is 2.22 bits per heavy atom. The molecule has 1 unspecified atom stereocenters. The lowest BCUT2D eigenvalue weighted by Gasteiger charge is -2.17. The summed E-state index contributed by atoms with van der Waals surface area (Å²) >= 11 is 0. The molecule has 7 nitrogen and oxygen atoms in total. The second-order valence-electron chi connectivity index (χ2n) is 4.10. The lowest BCUT2D eigenvalue weighted by molar-refractivity contribution is -0.139. The quantitative estimate of drug-likeness (QED) is 0.593. The fraction of sp³-hybridized carbons (Fsp3) is 0.545. The molecule has 7 heteroatoms. The number of imidazole rings is 1. The maximum atomic E-state index is 11.5. The summed E-state index contributed by atoms with van der Waals surface area (Å²) in [5.74, 6) is -1.08. The van der Waals surface area contributed by atoms with Crippen molar-refractivity contribution < 1.29 is 14.7 Å². The van der Waals surface area contributed by atoms with Crippen LogP contribution in [0.2, 0.25) is 0 Å². The summed E-state index contributed by atoms with van der Waals surface area (Å²) in [6.45, 7) is 3.79. The van der Waals surface area contributed by atoms with Gasteiger partial charge in [-0.2, -0.15) is 0 Å². The Kier molecular flexibility index (Phi) is 5.16. The molecule has 4 N–H and O–H groups in total. The van der Waals surface area contributed by atoms with Crippen molar-refractivity contribution in [2.75, 3.05) is 0 Å². The molecule has 0 radical (unpaired) electrons. The number of nitrogens with zero attached hydrogens (tertiary/aromatic N) is 1. The van der Waals surface area contributed by atoms with E-state index in [4.69, 9.17) is 5.11 Å². The molecule has 18 heavy (non-hydrogen) atoms. The number of carbonyl (C=O) groups is 2. The number of aromatic amines is 1. The molecule has 1 aromatic heterocycles. The van der Waals surface area contributed by atoms with E-state index in [1.165, 1.54) is 12.5 Å². The van der Waals surface area contributed by atoms with Crippen LogP contribution in [0.25, 0.3) is 0 Å². The zero-order valence-electron chi connectivity index (χ0n) is 10.4. The first-order valence-electron chi connectivity index (χ1n) is 5.80. The van der Waals surface area contributed by atoms with Gasteiger partial charge in [0.15, 0.2) is 0 Å². The molecule has 0 fully saturated rings. The molecule has 0 bridgehead atoms. The van der Waals surface area contributed by atoms with Gasteiger partial charge in [-0.3, -0.25) is 0 Å². The van der Waals surface area contributed by atoms with Gasteiger partial charge in [-0.05, 0) is 13.3 Å². The molecular formula is C11H18N4O3. The summed E-state index contributed by atoms with van der Waals surface area (Å²) in [4.78, 5) is 29.2. The first kappa shape index (κ1) is 14.0. The van der Waals surface area contributed by atoms with E-state index >= 15 is 0 Å². The van der Waals surface area contributed by atoms with Crippen molar-refractivity contribution in [1.29, 1.82) is 0 Å². The molecule has 1 rings (SSSR count). The van der Waals surface area contributed by atoms with Gasteiger partial charge < -0.3 is 20.7 Å². The highest BCUT2D eigenvalue weighted by Gasteiger charge is 2.21. The smallest absolute Gasteiger partial charge is 0.326 e. The van der Waals surface area contributed by atoms with E-state index in [2.05, 4.69) is 20.6 Å². The molecule has 0 aliphatic rings. The number of rotatable bonds is 6. The summed E-state index contributed by atoms with van der Waals surface area (Å²) in [5.41, 5.74) is 0.659. The minimum atomic E-state index is -1.08. The molecule has 2 atom stereocenters. The van der Waals surface area contributed by atoms with E-state index in [0.717, 1.165) is 6.42 Å². The van der Waals surface area contributed by atoms with Crippen LogP contribution in [0, 0.1) is 0 Å². The summed E-state index contributed by atoms with van der Waals surface area (Å²) in [7, 11) is 0. The van der Waals surface area contributed by atoms with Crippen LogP contribution >= 0.6 is 0 Å². The van der Waals surface area contributed by atoms with Gasteiger partial charge in [0, 0.05) is 24.4 Å². The van der Waals surface area contributed by atoms with Gasteiger partial charge in [-0.25, -0.2) is 14.6 Å². The zero-order chi connectivity index (χ0) is 13.5. The average molecular weight is 254 g/mol. The largest absolute Gasteiger partial charge is 0.480 e. The minimum Gasteiger partial charge on any atom is -0.480 e. The predicted octanol–water partition coefficient (Wildman–Crippen LogP) is 0.503. The molecule has 100 valence electrons. The van der Waals surface area contributed by atoms with Gasteiger partial charge in [0.05, 0.1) is 6.33 Å². The first-order valence-corrected chi connectivity index (χ1v) is 5.80. The van der Waals surface area contributed by atoms with Crippen LogP contribution < -0.4 is 10.6 Å². The van der Waals surface area contributed by atoms with Gasteiger partial charge in [0.2, 0.25) is 0 Å². The summed E-state index contributed by atoms with van der Waals surface area (Å²) in [6, 6.07) is -1.45. The van der Waals surface area contributed by atoms with Gasteiger partial charge in [0.25, 0.3) is 0 Å². The van der Waals surface area contributed by atoms with E-state index in [1.54, 1.807) is 0 Å². The number of nitrogens with one attached hydrogen (secondary N) is 3. The fourth-order valence-electron chi connectivity index (χ4n) is 1.34. The van der Waals surface area contributed by atoms with Crippen LogP contribution in [-0.2, 0) is 11.2 Å². The molecule has 0 aliphatic heterocycles. The number of aromatic nitrogens is 2. The molecule has 1 heterocycles. The highest BCUT2D eigenvalue weighted by molar-refractivity contribution is 5.82. The summed E-state index contributed by atoms with van der Waals surface area (Å²) in [6.07, 6.45) is 3.95. The number of urea groups is 1. The third-order valence-corrected chi connectivity index (χ3v) is 2.57. The Morgan fingerprint density at radius 3 is 2.72 bits per heavy atom. The van der Waals surface area contributed by atoms with E-state index < -0.39 is 18.0 Å². The Balaban J connectivity index is 2.53. The van der Waals surface area contributed by atoms with Crippen molar-refractivity contribution in [2.24, 2.45) is 0 Å². The van der Waals surface area contributed by atoms with Crippen molar-refractivity contribution in [1.82, 2.24) is 20.6 Å². The maximum Gasteiger partial charge on any atom is 0.326 e. The lowest BCUT2D eigenvalue weighted by Crippen LogP contribution is -2.49. The average Bonchev–Trinajstić information content (AvgIpc) is 2.80. The van der Waals surface area contributed by atoms with Crippen molar-refractivity contribution in [3.8, 4) is 0 Å². The predicted molar refractivity (Wildman–Crippen MR) is 65.1 cm³/mol. The highest BCUT2D eigenvalue weighted by Crippen LogP contribution is 1.99. The van der Waals surface area contributed by atoms with Crippen molar-refractivity contribution >= 4 is 12.0 Å². The molecule has 0 aliphatic carbocycles. The number of carboxylic acids is 1. The number of hydrogen-bond acceptors (Lipinski definition) is 3. The van der Waals surface area contributed by atoms with E-state index in [9.17, 15) is 9.59 Å². The number of hydrogen-bond donors (Lipinski definition) is 4. The monoisotopic (exact) mass is 254 g/mol. The molecule has 0 spiro atoms. The second kappa shape index (κ2) is 6.63. The van der Waals surface area contributed by atoms with Gasteiger partial charge in [0.1, 0.15) is 6.04 Å².